The van der Waals surface area contributed by atoms with Crippen LogP contribution in [0, 0.1) is 0 Å². The first-order valence-corrected chi connectivity index (χ1v) is 9.91. The van der Waals surface area contributed by atoms with Crippen LogP contribution in [0.25, 0.3) is 0 Å². The van der Waals surface area contributed by atoms with Gasteiger partial charge < -0.3 is 4.74 Å². The molecule has 0 radical (unpaired) electrons. The molecule has 1 aromatic rings. The van der Waals surface area contributed by atoms with Crippen molar-refractivity contribution in [2.24, 2.45) is 0 Å². The van der Waals surface area contributed by atoms with E-state index >= 15 is 0 Å². The van der Waals surface area contributed by atoms with Crippen LogP contribution < -0.4 is 0 Å². The van der Waals surface area contributed by atoms with E-state index in [0.29, 0.717) is 26.0 Å². The van der Waals surface area contributed by atoms with Crippen LogP contribution in [0.5, 0.6) is 0 Å². The Hall–Kier alpha value is -2.01. The van der Waals surface area contributed by atoms with Crippen LogP contribution in [0.4, 0.5) is 74.6 Å². The van der Waals surface area contributed by atoms with Gasteiger partial charge in [0.2, 0.25) is 0 Å². The van der Waals surface area contributed by atoms with Crippen molar-refractivity contribution in [2.75, 3.05) is 7.11 Å². The van der Waals surface area contributed by atoms with Gasteiger partial charge in [0.15, 0.2) is 0 Å². The molecule has 0 fully saturated rings. The van der Waals surface area contributed by atoms with Crippen molar-refractivity contribution in [2.45, 2.75) is 79.9 Å². The van der Waals surface area contributed by atoms with E-state index in [1.54, 1.807) is 6.92 Å². The van der Waals surface area contributed by atoms with Gasteiger partial charge in [0.1, 0.15) is 0 Å². The minimum absolute atomic E-state index is 0.353. The molecule has 1 atom stereocenters. The van der Waals surface area contributed by atoms with Gasteiger partial charge in [0.05, 0.1) is 12.0 Å². The Morgan fingerprint density at radius 1 is 0.553 bits per heavy atom. The number of ether oxygens (including phenoxy) is 1. The average molecular weight is 596 g/mol. The molecule has 38 heavy (non-hydrogen) atoms. The number of alkyl halides is 17. The van der Waals surface area contributed by atoms with Crippen molar-refractivity contribution in [1.82, 2.24) is 0 Å². The van der Waals surface area contributed by atoms with E-state index in [0.717, 1.165) is 12.1 Å². The summed E-state index contributed by atoms with van der Waals surface area (Å²) in [6.07, 6.45) is -10.1. The summed E-state index contributed by atoms with van der Waals surface area (Å²) in [5.74, 6) is -56.6. The number of hydrogen-bond donors (Lipinski definition) is 0. The van der Waals surface area contributed by atoms with E-state index in [4.69, 9.17) is 0 Å². The highest BCUT2D eigenvalue weighted by Crippen LogP contribution is 2.64. The van der Waals surface area contributed by atoms with Gasteiger partial charge in [-0.25, -0.2) is 0 Å². The van der Waals surface area contributed by atoms with Crippen molar-refractivity contribution < 1.29 is 79.4 Å². The monoisotopic (exact) mass is 596 g/mol. The maximum atomic E-state index is 14.4. The minimum Gasteiger partial charge on any atom is -0.374 e. The van der Waals surface area contributed by atoms with Gasteiger partial charge in [-0.05, 0) is 24.5 Å². The van der Waals surface area contributed by atoms with E-state index in [9.17, 15) is 74.6 Å². The average Bonchev–Trinajstić information content (AvgIpc) is 2.77. The Morgan fingerprint density at radius 2 is 0.895 bits per heavy atom. The molecule has 0 amide bonds. The first kappa shape index (κ1) is 34.0. The third kappa shape index (κ3) is 4.78. The van der Waals surface area contributed by atoms with Gasteiger partial charge in [0, 0.05) is 7.11 Å². The third-order valence-corrected chi connectivity index (χ3v) is 5.77. The highest BCUT2D eigenvalue weighted by atomic mass is 19.4. The largest absolute Gasteiger partial charge is 0.460 e. The predicted octanol–water partition coefficient (Wildman–Crippen LogP) is 8.51. The van der Waals surface area contributed by atoms with E-state index in [-0.39, 0.29) is 0 Å². The van der Waals surface area contributed by atoms with Gasteiger partial charge in [-0.15, -0.1) is 0 Å². The minimum atomic E-state index is -8.65. The number of aryl methyl sites for hydroxylation is 1. The van der Waals surface area contributed by atoms with Crippen LogP contribution in [-0.4, -0.2) is 54.7 Å². The van der Waals surface area contributed by atoms with Gasteiger partial charge in [-0.2, -0.15) is 74.6 Å². The fourth-order valence-corrected chi connectivity index (χ4v) is 3.12. The summed E-state index contributed by atoms with van der Waals surface area (Å²) in [5, 5.41) is 0. The standard InChI is InChI=1S/C20H17F17O/c1-4-10-5-7-11(8-6-10)12(2,38-3)9-13(21,22)14(23,24)15(25,26)16(27,28)17(29,30)18(31,32)19(33,34)20(35,36)37/h5-8H,4,9H2,1-3H3. The van der Waals surface area contributed by atoms with Crippen molar-refractivity contribution in [1.29, 1.82) is 0 Å². The summed E-state index contributed by atoms with van der Waals surface area (Å²) in [7, 11) is 0.558. The van der Waals surface area contributed by atoms with E-state index in [1.807, 2.05) is 0 Å². The molecule has 0 heterocycles. The first-order valence-electron chi connectivity index (χ1n) is 9.91. The SMILES string of the molecule is CCc1ccc(C(C)(CC(F)(F)C(F)(F)C(F)(F)C(F)(F)C(F)(F)C(F)(F)C(F)(F)C(F)(F)F)OC)cc1. The van der Waals surface area contributed by atoms with E-state index in [1.165, 1.54) is 12.1 Å². The highest BCUT2D eigenvalue weighted by Gasteiger charge is 2.95. The van der Waals surface area contributed by atoms with Crippen LogP contribution in [0.1, 0.15) is 31.4 Å². The summed E-state index contributed by atoms with van der Waals surface area (Å²) < 4.78 is 233. The molecule has 0 aliphatic carbocycles. The molecule has 1 unspecified atom stereocenters. The fraction of sp³-hybridized carbons (Fsp3) is 0.700. The van der Waals surface area contributed by atoms with Crippen molar-refractivity contribution in [3.05, 3.63) is 35.4 Å². The molecule has 0 aromatic heterocycles. The van der Waals surface area contributed by atoms with Gasteiger partial charge in [0.25, 0.3) is 0 Å². The summed E-state index contributed by atoms with van der Waals surface area (Å²) in [6, 6.07) is 4.35. The lowest BCUT2D eigenvalue weighted by Gasteiger charge is -2.44. The lowest BCUT2D eigenvalue weighted by molar-refractivity contribution is -0.462. The molecule has 222 valence electrons. The summed E-state index contributed by atoms with van der Waals surface area (Å²) in [6.45, 7) is 2.16. The van der Waals surface area contributed by atoms with Crippen LogP contribution in [0.15, 0.2) is 24.3 Å². The predicted molar refractivity (Wildman–Crippen MR) is 95.5 cm³/mol. The zero-order valence-electron chi connectivity index (χ0n) is 19.1. The smallest absolute Gasteiger partial charge is 0.374 e. The molecule has 0 saturated heterocycles. The number of rotatable bonds is 11. The number of benzene rings is 1. The van der Waals surface area contributed by atoms with E-state index < -0.39 is 65.2 Å². The molecular weight excluding hydrogens is 579 g/mol. The van der Waals surface area contributed by atoms with Gasteiger partial charge >= 0.3 is 47.6 Å². The Kier molecular flexibility index (Phi) is 8.57. The van der Waals surface area contributed by atoms with Gasteiger partial charge in [-0.3, -0.25) is 0 Å². The van der Waals surface area contributed by atoms with Crippen molar-refractivity contribution >= 4 is 0 Å². The fourth-order valence-electron chi connectivity index (χ4n) is 3.12. The summed E-state index contributed by atoms with van der Waals surface area (Å²) in [4.78, 5) is 0. The molecule has 0 saturated carbocycles. The molecule has 0 bridgehead atoms. The normalized spacial score (nSPS) is 16.9. The van der Waals surface area contributed by atoms with Crippen LogP contribution in [0.2, 0.25) is 0 Å². The molecule has 1 aromatic carbocycles. The molecule has 0 aliphatic heterocycles. The number of methoxy groups -OCH3 is 1. The second-order valence-corrected chi connectivity index (χ2v) is 8.31. The van der Waals surface area contributed by atoms with Crippen LogP contribution >= 0.6 is 0 Å². The maximum absolute atomic E-state index is 14.4. The first-order chi connectivity index (χ1) is 16.6. The van der Waals surface area contributed by atoms with Gasteiger partial charge in [-0.1, -0.05) is 31.2 Å². The lowest BCUT2D eigenvalue weighted by atomic mass is 9.83. The molecule has 1 rings (SSSR count). The Balaban J connectivity index is 3.64. The molecule has 1 nitrogen and oxygen atoms in total. The molecule has 0 N–H and O–H groups in total. The van der Waals surface area contributed by atoms with Crippen LogP contribution in [-0.2, 0) is 16.8 Å². The van der Waals surface area contributed by atoms with Crippen LogP contribution in [0.3, 0.4) is 0 Å². The Morgan fingerprint density at radius 3 is 1.21 bits per heavy atom. The second-order valence-electron chi connectivity index (χ2n) is 8.31. The lowest BCUT2D eigenvalue weighted by Crippen LogP contribution is -2.74. The maximum Gasteiger partial charge on any atom is 0.460 e. The molecular formula is C20H17F17O. The number of halogens is 17. The van der Waals surface area contributed by atoms with E-state index in [2.05, 4.69) is 4.74 Å². The Bertz CT molecular complexity index is 965. The number of hydrogen-bond acceptors (Lipinski definition) is 1. The summed E-state index contributed by atoms with van der Waals surface area (Å²) >= 11 is 0. The topological polar surface area (TPSA) is 9.23 Å². The molecule has 18 heteroatoms. The van der Waals surface area contributed by atoms with Crippen molar-refractivity contribution in [3.63, 3.8) is 0 Å². The van der Waals surface area contributed by atoms with Crippen molar-refractivity contribution in [3.8, 4) is 0 Å². The summed E-state index contributed by atoms with van der Waals surface area (Å²) in [5.41, 5.74) is -2.71. The highest BCUT2D eigenvalue weighted by molar-refractivity contribution is 5.28. The second kappa shape index (κ2) is 9.57. The molecule has 0 spiro atoms. The zero-order valence-corrected chi connectivity index (χ0v) is 19.1. The quantitative estimate of drug-likeness (QED) is 0.233. The third-order valence-electron chi connectivity index (χ3n) is 5.77. The molecule has 0 aliphatic rings. The Labute approximate surface area is 202 Å². The zero-order chi connectivity index (χ0) is 30.6.